The van der Waals surface area contributed by atoms with Crippen molar-refractivity contribution in [2.45, 2.75) is 70.6 Å². The minimum atomic E-state index is 0.516. The zero-order valence-corrected chi connectivity index (χ0v) is 18.0. The van der Waals surface area contributed by atoms with Crippen molar-refractivity contribution in [2.24, 2.45) is 4.99 Å². The molecule has 5 nitrogen and oxygen atoms in total. The molecule has 2 saturated heterocycles. The van der Waals surface area contributed by atoms with Gasteiger partial charge in [0.1, 0.15) is 0 Å². The second-order valence-corrected chi connectivity index (χ2v) is 8.57. The van der Waals surface area contributed by atoms with E-state index in [4.69, 9.17) is 0 Å². The molecule has 1 aromatic rings. The first kappa shape index (κ1) is 21.1. The van der Waals surface area contributed by atoms with Crippen LogP contribution < -0.4 is 10.6 Å². The Bertz CT molecular complexity index is 594. The maximum absolute atomic E-state index is 4.47. The first-order valence-corrected chi connectivity index (χ1v) is 11.1. The van der Waals surface area contributed by atoms with Crippen LogP contribution in [0.15, 0.2) is 35.3 Å². The summed E-state index contributed by atoms with van der Waals surface area (Å²) >= 11 is 0. The number of likely N-dealkylation sites (tertiary alicyclic amines) is 2. The molecule has 3 rings (SSSR count). The van der Waals surface area contributed by atoms with E-state index in [-0.39, 0.29) is 0 Å². The Morgan fingerprint density at radius 3 is 2.54 bits per heavy atom. The normalized spacial score (nSPS) is 24.1. The molecule has 2 aliphatic rings. The average Bonchev–Trinajstić information content (AvgIpc) is 2.73. The largest absolute Gasteiger partial charge is 0.355 e. The van der Waals surface area contributed by atoms with Gasteiger partial charge < -0.3 is 10.6 Å². The van der Waals surface area contributed by atoms with Crippen molar-refractivity contribution >= 4 is 5.96 Å². The first-order chi connectivity index (χ1) is 13.7. The summed E-state index contributed by atoms with van der Waals surface area (Å²) in [5.41, 5.74) is 1.41. The first-order valence-electron chi connectivity index (χ1n) is 11.1. The third-order valence-corrected chi connectivity index (χ3v) is 6.39. The second kappa shape index (κ2) is 10.8. The van der Waals surface area contributed by atoms with Gasteiger partial charge in [-0.05, 0) is 51.6 Å². The van der Waals surface area contributed by atoms with E-state index >= 15 is 0 Å². The molecule has 0 bridgehead atoms. The SMILES string of the molecule is CN=C(NCC(C)N1CCCCC1C)NC1CCN(Cc2ccccc2)CC1. The highest BCUT2D eigenvalue weighted by molar-refractivity contribution is 5.80. The van der Waals surface area contributed by atoms with Gasteiger partial charge in [-0.25, -0.2) is 0 Å². The highest BCUT2D eigenvalue weighted by Crippen LogP contribution is 2.18. The maximum Gasteiger partial charge on any atom is 0.191 e. The van der Waals surface area contributed by atoms with E-state index in [1.807, 2.05) is 7.05 Å². The Morgan fingerprint density at radius 1 is 1.11 bits per heavy atom. The van der Waals surface area contributed by atoms with E-state index in [0.717, 1.165) is 32.1 Å². The van der Waals surface area contributed by atoms with Crippen LogP contribution in [-0.2, 0) is 6.54 Å². The molecule has 0 radical (unpaired) electrons. The third kappa shape index (κ3) is 6.21. The fraction of sp³-hybridized carbons (Fsp3) is 0.696. The van der Waals surface area contributed by atoms with Crippen molar-refractivity contribution in [1.82, 2.24) is 20.4 Å². The van der Waals surface area contributed by atoms with Crippen LogP contribution >= 0.6 is 0 Å². The number of piperidine rings is 2. The van der Waals surface area contributed by atoms with E-state index in [1.165, 1.54) is 44.2 Å². The number of nitrogens with zero attached hydrogens (tertiary/aromatic N) is 3. The molecule has 5 heteroatoms. The molecule has 2 fully saturated rings. The zero-order chi connectivity index (χ0) is 19.8. The lowest BCUT2D eigenvalue weighted by Crippen LogP contribution is -2.52. The van der Waals surface area contributed by atoms with Gasteiger partial charge in [0.2, 0.25) is 0 Å². The lowest BCUT2D eigenvalue weighted by molar-refractivity contribution is 0.115. The molecule has 0 aromatic heterocycles. The molecular weight excluding hydrogens is 346 g/mol. The Kier molecular flexibility index (Phi) is 8.16. The van der Waals surface area contributed by atoms with Gasteiger partial charge in [-0.3, -0.25) is 14.8 Å². The molecule has 0 aliphatic carbocycles. The monoisotopic (exact) mass is 385 g/mol. The molecule has 2 N–H and O–H groups in total. The van der Waals surface area contributed by atoms with Gasteiger partial charge in [0.15, 0.2) is 5.96 Å². The van der Waals surface area contributed by atoms with Crippen LogP contribution in [-0.4, -0.2) is 67.1 Å². The van der Waals surface area contributed by atoms with Crippen molar-refractivity contribution < 1.29 is 0 Å². The van der Waals surface area contributed by atoms with Crippen LogP contribution in [0.4, 0.5) is 0 Å². The van der Waals surface area contributed by atoms with Crippen LogP contribution in [0.25, 0.3) is 0 Å². The summed E-state index contributed by atoms with van der Waals surface area (Å²) in [6.45, 7) is 10.2. The molecule has 0 spiro atoms. The van der Waals surface area contributed by atoms with Gasteiger partial charge >= 0.3 is 0 Å². The Hall–Kier alpha value is -1.59. The molecule has 156 valence electrons. The molecule has 0 amide bonds. The Labute approximate surface area is 171 Å². The van der Waals surface area contributed by atoms with Crippen molar-refractivity contribution in [3.8, 4) is 0 Å². The number of guanidine groups is 1. The second-order valence-electron chi connectivity index (χ2n) is 8.57. The molecule has 0 saturated carbocycles. The van der Waals surface area contributed by atoms with Gasteiger partial charge in [0.05, 0.1) is 0 Å². The molecule has 28 heavy (non-hydrogen) atoms. The minimum Gasteiger partial charge on any atom is -0.355 e. The summed E-state index contributed by atoms with van der Waals surface area (Å²) in [6.07, 6.45) is 6.39. The van der Waals surface area contributed by atoms with Crippen molar-refractivity contribution in [1.29, 1.82) is 0 Å². The minimum absolute atomic E-state index is 0.516. The number of benzene rings is 1. The number of rotatable bonds is 6. The van der Waals surface area contributed by atoms with E-state index in [9.17, 15) is 0 Å². The van der Waals surface area contributed by atoms with Crippen LogP contribution in [0.2, 0.25) is 0 Å². The van der Waals surface area contributed by atoms with E-state index < -0.39 is 0 Å². The zero-order valence-electron chi connectivity index (χ0n) is 18.0. The smallest absolute Gasteiger partial charge is 0.191 e. The lowest BCUT2D eigenvalue weighted by atomic mass is 10.0. The molecule has 2 heterocycles. The third-order valence-electron chi connectivity index (χ3n) is 6.39. The van der Waals surface area contributed by atoms with E-state index in [1.54, 1.807) is 0 Å². The van der Waals surface area contributed by atoms with Gasteiger partial charge in [-0.15, -0.1) is 0 Å². The average molecular weight is 386 g/mol. The number of nitrogens with one attached hydrogen (secondary N) is 2. The quantitative estimate of drug-likeness (QED) is 0.583. The van der Waals surface area contributed by atoms with Crippen LogP contribution in [0, 0.1) is 0 Å². The molecule has 2 unspecified atom stereocenters. The number of aliphatic imine (C=N–C) groups is 1. The topological polar surface area (TPSA) is 42.9 Å². The maximum atomic E-state index is 4.47. The predicted molar refractivity (Wildman–Crippen MR) is 119 cm³/mol. The summed E-state index contributed by atoms with van der Waals surface area (Å²) in [4.78, 5) is 9.67. The highest BCUT2D eigenvalue weighted by atomic mass is 15.2. The van der Waals surface area contributed by atoms with E-state index in [2.05, 4.69) is 69.6 Å². The summed E-state index contributed by atoms with van der Waals surface area (Å²) < 4.78 is 0. The van der Waals surface area contributed by atoms with Crippen LogP contribution in [0.1, 0.15) is 51.5 Å². The Balaban J connectivity index is 1.38. The van der Waals surface area contributed by atoms with Crippen LogP contribution in [0.5, 0.6) is 0 Å². The van der Waals surface area contributed by atoms with Gasteiger partial charge in [0, 0.05) is 51.4 Å². The summed E-state index contributed by atoms with van der Waals surface area (Å²) in [6, 6.07) is 12.6. The predicted octanol–water partition coefficient (Wildman–Crippen LogP) is 3.08. The van der Waals surface area contributed by atoms with Crippen molar-refractivity contribution in [2.75, 3.05) is 33.2 Å². The van der Waals surface area contributed by atoms with Crippen molar-refractivity contribution in [3.63, 3.8) is 0 Å². The van der Waals surface area contributed by atoms with Gasteiger partial charge in [-0.2, -0.15) is 0 Å². The number of hydrogen-bond donors (Lipinski definition) is 2. The van der Waals surface area contributed by atoms with Crippen molar-refractivity contribution in [3.05, 3.63) is 35.9 Å². The standard InChI is InChI=1S/C23H39N5/c1-19-9-7-8-14-28(19)20(2)17-25-23(24-3)26-22-12-15-27(16-13-22)18-21-10-5-4-6-11-21/h4-6,10-11,19-20,22H,7-9,12-18H2,1-3H3,(H2,24,25,26). The molecule has 2 atom stereocenters. The lowest BCUT2D eigenvalue weighted by Gasteiger charge is -2.38. The summed E-state index contributed by atoms with van der Waals surface area (Å²) in [5.74, 6) is 0.957. The Morgan fingerprint density at radius 2 is 1.86 bits per heavy atom. The van der Waals surface area contributed by atoms with E-state index in [0.29, 0.717) is 18.1 Å². The fourth-order valence-electron chi connectivity index (χ4n) is 4.60. The summed E-state index contributed by atoms with van der Waals surface area (Å²) in [5, 5.41) is 7.22. The summed E-state index contributed by atoms with van der Waals surface area (Å²) in [7, 11) is 1.88. The molecule has 1 aromatic carbocycles. The molecular formula is C23H39N5. The van der Waals surface area contributed by atoms with Gasteiger partial charge in [-0.1, -0.05) is 36.8 Å². The molecule has 2 aliphatic heterocycles. The highest BCUT2D eigenvalue weighted by Gasteiger charge is 2.24. The van der Waals surface area contributed by atoms with Crippen LogP contribution in [0.3, 0.4) is 0 Å². The number of hydrogen-bond acceptors (Lipinski definition) is 3. The fourth-order valence-corrected chi connectivity index (χ4v) is 4.60. The van der Waals surface area contributed by atoms with Gasteiger partial charge in [0.25, 0.3) is 0 Å².